The van der Waals surface area contributed by atoms with Gasteiger partial charge in [0, 0.05) is 25.9 Å². The van der Waals surface area contributed by atoms with Crippen LogP contribution in [0.5, 0.6) is 0 Å². The molecule has 1 amide bonds. The highest BCUT2D eigenvalue weighted by atomic mass is 16.4. The number of amides is 1. The number of rotatable bonds is 5. The van der Waals surface area contributed by atoms with Gasteiger partial charge < -0.3 is 14.6 Å². The van der Waals surface area contributed by atoms with E-state index in [2.05, 4.69) is 10.2 Å². The van der Waals surface area contributed by atoms with Crippen molar-refractivity contribution in [2.24, 2.45) is 11.8 Å². The van der Waals surface area contributed by atoms with Crippen molar-refractivity contribution in [3.05, 3.63) is 11.6 Å². The lowest BCUT2D eigenvalue weighted by Crippen LogP contribution is -2.37. The Morgan fingerprint density at radius 1 is 1.35 bits per heavy atom. The van der Waals surface area contributed by atoms with Crippen LogP contribution in [-0.4, -0.2) is 43.7 Å². The first-order chi connectivity index (χ1) is 9.41. The summed E-state index contributed by atoms with van der Waals surface area (Å²) in [5.41, 5.74) is 0. The summed E-state index contributed by atoms with van der Waals surface area (Å²) in [5.74, 6) is -0.665. The summed E-state index contributed by atoms with van der Waals surface area (Å²) in [6.45, 7) is 4.45. The van der Waals surface area contributed by atoms with Crippen molar-refractivity contribution in [1.29, 1.82) is 0 Å². The second kappa shape index (κ2) is 5.60. The van der Waals surface area contributed by atoms with Gasteiger partial charge in [-0.15, -0.1) is 10.2 Å². The molecule has 2 unspecified atom stereocenters. The first kappa shape index (κ1) is 14.5. The second-order valence-electron chi connectivity index (χ2n) is 5.40. The summed E-state index contributed by atoms with van der Waals surface area (Å²) in [6.07, 6.45) is 1.99. The molecule has 0 radical (unpaired) electrons. The molecule has 0 spiro atoms. The second-order valence-corrected chi connectivity index (χ2v) is 5.40. The molecule has 2 atom stereocenters. The van der Waals surface area contributed by atoms with Gasteiger partial charge in [0.25, 0.3) is 0 Å². The molecule has 0 saturated heterocycles. The molecule has 2 rings (SSSR count). The summed E-state index contributed by atoms with van der Waals surface area (Å²) in [7, 11) is 1.67. The third-order valence-electron chi connectivity index (χ3n) is 3.97. The number of aromatic nitrogens is 3. The molecule has 0 fully saturated rings. The van der Waals surface area contributed by atoms with Crippen LogP contribution >= 0.6 is 0 Å². The molecule has 20 heavy (non-hydrogen) atoms. The van der Waals surface area contributed by atoms with E-state index in [1.165, 1.54) is 4.90 Å². The van der Waals surface area contributed by atoms with E-state index in [0.717, 1.165) is 31.0 Å². The van der Waals surface area contributed by atoms with Gasteiger partial charge in [0.05, 0.1) is 12.5 Å². The van der Waals surface area contributed by atoms with Crippen molar-refractivity contribution in [2.45, 2.75) is 39.8 Å². The molecule has 1 aliphatic heterocycles. The quantitative estimate of drug-likeness (QED) is 0.850. The molecule has 1 N–H and O–H groups in total. The molecule has 0 aliphatic carbocycles. The highest BCUT2D eigenvalue weighted by Crippen LogP contribution is 2.18. The van der Waals surface area contributed by atoms with Gasteiger partial charge in [0.2, 0.25) is 5.91 Å². The van der Waals surface area contributed by atoms with Crippen LogP contribution in [0.4, 0.5) is 0 Å². The Balaban J connectivity index is 2.02. The summed E-state index contributed by atoms with van der Waals surface area (Å²) >= 11 is 0. The summed E-state index contributed by atoms with van der Waals surface area (Å²) in [6, 6.07) is 0. The van der Waals surface area contributed by atoms with Crippen molar-refractivity contribution in [1.82, 2.24) is 19.7 Å². The summed E-state index contributed by atoms with van der Waals surface area (Å²) < 4.78 is 2.04. The Kier molecular flexibility index (Phi) is 4.06. The number of carboxylic acids is 1. The average molecular weight is 280 g/mol. The zero-order valence-electron chi connectivity index (χ0n) is 12.0. The number of aryl methyl sites for hydroxylation is 1. The van der Waals surface area contributed by atoms with Crippen LogP contribution in [0.1, 0.15) is 31.9 Å². The molecule has 0 bridgehead atoms. The van der Waals surface area contributed by atoms with Crippen molar-refractivity contribution in [3.8, 4) is 0 Å². The average Bonchev–Trinajstić information content (AvgIpc) is 3.00. The van der Waals surface area contributed by atoms with Gasteiger partial charge in [-0.25, -0.2) is 0 Å². The molecule has 1 aliphatic rings. The normalized spacial score (nSPS) is 16.6. The van der Waals surface area contributed by atoms with Gasteiger partial charge in [-0.2, -0.15) is 0 Å². The molecular formula is C13H20N4O3. The maximum Gasteiger partial charge on any atom is 0.307 e. The van der Waals surface area contributed by atoms with Crippen LogP contribution in [0, 0.1) is 11.8 Å². The first-order valence-corrected chi connectivity index (χ1v) is 6.80. The Hall–Kier alpha value is -1.92. The molecular weight excluding hydrogens is 260 g/mol. The highest BCUT2D eigenvalue weighted by molar-refractivity contribution is 5.84. The van der Waals surface area contributed by atoms with Crippen molar-refractivity contribution in [2.75, 3.05) is 7.05 Å². The molecule has 0 saturated carbocycles. The van der Waals surface area contributed by atoms with Gasteiger partial charge in [-0.05, 0) is 6.42 Å². The van der Waals surface area contributed by atoms with Gasteiger partial charge >= 0.3 is 5.97 Å². The molecule has 2 heterocycles. The minimum Gasteiger partial charge on any atom is -0.481 e. The van der Waals surface area contributed by atoms with E-state index in [1.54, 1.807) is 20.9 Å². The number of hydrogen-bond donors (Lipinski definition) is 1. The fourth-order valence-corrected chi connectivity index (χ4v) is 2.39. The standard InChI is InChI=1S/C13H20N4O3/c1-8(9(2)13(19)20)12(18)16(3)7-11-15-14-10-5-4-6-17(10)11/h8-9H,4-7H2,1-3H3,(H,19,20). The van der Waals surface area contributed by atoms with E-state index >= 15 is 0 Å². The molecule has 7 heteroatoms. The number of nitrogens with zero attached hydrogens (tertiary/aromatic N) is 4. The maximum absolute atomic E-state index is 12.2. The van der Waals surface area contributed by atoms with E-state index < -0.39 is 17.8 Å². The number of carbonyl (C=O) groups excluding carboxylic acids is 1. The maximum atomic E-state index is 12.2. The van der Waals surface area contributed by atoms with Crippen LogP contribution in [-0.2, 0) is 29.1 Å². The van der Waals surface area contributed by atoms with E-state index in [0.29, 0.717) is 6.54 Å². The minimum absolute atomic E-state index is 0.185. The van der Waals surface area contributed by atoms with Gasteiger partial charge in [0.1, 0.15) is 5.82 Å². The van der Waals surface area contributed by atoms with Crippen molar-refractivity contribution < 1.29 is 14.7 Å². The zero-order chi connectivity index (χ0) is 14.9. The molecule has 110 valence electrons. The van der Waals surface area contributed by atoms with Crippen LogP contribution < -0.4 is 0 Å². The monoisotopic (exact) mass is 280 g/mol. The SMILES string of the molecule is CC(C(=O)O)C(C)C(=O)N(C)Cc1nnc2n1CCC2. The van der Waals surface area contributed by atoms with Gasteiger partial charge in [0.15, 0.2) is 5.82 Å². The zero-order valence-corrected chi connectivity index (χ0v) is 12.0. The Morgan fingerprint density at radius 3 is 2.70 bits per heavy atom. The predicted octanol–water partition coefficient (Wildman–Crippen LogP) is 0.539. The molecule has 1 aromatic heterocycles. The number of aliphatic carboxylic acids is 1. The Morgan fingerprint density at radius 2 is 2.05 bits per heavy atom. The third kappa shape index (κ3) is 2.66. The lowest BCUT2D eigenvalue weighted by Gasteiger charge is -2.23. The lowest BCUT2D eigenvalue weighted by atomic mass is 9.95. The largest absolute Gasteiger partial charge is 0.481 e. The minimum atomic E-state index is -0.956. The highest BCUT2D eigenvalue weighted by Gasteiger charge is 2.29. The first-order valence-electron chi connectivity index (χ1n) is 6.80. The van der Waals surface area contributed by atoms with Crippen molar-refractivity contribution in [3.63, 3.8) is 0 Å². The fourth-order valence-electron chi connectivity index (χ4n) is 2.39. The van der Waals surface area contributed by atoms with Crippen LogP contribution in [0.15, 0.2) is 0 Å². The van der Waals surface area contributed by atoms with Crippen LogP contribution in [0.3, 0.4) is 0 Å². The smallest absolute Gasteiger partial charge is 0.307 e. The van der Waals surface area contributed by atoms with Crippen LogP contribution in [0.25, 0.3) is 0 Å². The van der Waals surface area contributed by atoms with Gasteiger partial charge in [-0.1, -0.05) is 13.8 Å². The third-order valence-corrected chi connectivity index (χ3v) is 3.97. The fraction of sp³-hybridized carbons (Fsp3) is 0.692. The number of hydrogen-bond acceptors (Lipinski definition) is 4. The molecule has 7 nitrogen and oxygen atoms in total. The van der Waals surface area contributed by atoms with E-state index in [-0.39, 0.29) is 5.91 Å². The van der Waals surface area contributed by atoms with Crippen LogP contribution in [0.2, 0.25) is 0 Å². The number of carbonyl (C=O) groups is 2. The molecule has 0 aromatic carbocycles. The van der Waals surface area contributed by atoms with Gasteiger partial charge in [-0.3, -0.25) is 9.59 Å². The topological polar surface area (TPSA) is 88.3 Å². The van der Waals surface area contributed by atoms with E-state index in [1.807, 2.05) is 4.57 Å². The lowest BCUT2D eigenvalue weighted by molar-refractivity contribution is -0.148. The molecule has 1 aromatic rings. The predicted molar refractivity (Wildman–Crippen MR) is 70.8 cm³/mol. The number of fused-ring (bicyclic) bond motifs is 1. The van der Waals surface area contributed by atoms with E-state index in [4.69, 9.17) is 5.11 Å². The Bertz CT molecular complexity index is 526. The summed E-state index contributed by atoms with van der Waals surface area (Å²) in [5, 5.41) is 17.2. The van der Waals surface area contributed by atoms with Crippen molar-refractivity contribution >= 4 is 11.9 Å². The summed E-state index contributed by atoms with van der Waals surface area (Å²) in [4.78, 5) is 24.7. The van der Waals surface area contributed by atoms with E-state index in [9.17, 15) is 9.59 Å². The Labute approximate surface area is 117 Å². The number of carboxylic acid groups (broad SMARTS) is 1.